The number of carboxylic acids is 1. The Balaban J connectivity index is 2.49. The smallest absolute Gasteiger partial charge is 0.435 e. The molecule has 1 unspecified atom stereocenters. The Morgan fingerprint density at radius 3 is 2.61 bits per heavy atom. The van der Waals surface area contributed by atoms with Gasteiger partial charge in [0.25, 0.3) is 5.92 Å². The molecule has 18 heavy (non-hydrogen) atoms. The Kier molecular flexibility index (Phi) is 2.60. The lowest BCUT2D eigenvalue weighted by molar-refractivity contribution is -0.145. The lowest BCUT2D eigenvalue weighted by atomic mass is 9.95. The molecule has 0 saturated carbocycles. The molecule has 0 amide bonds. The summed E-state index contributed by atoms with van der Waals surface area (Å²) in [7, 11) is 0. The zero-order valence-corrected chi connectivity index (χ0v) is 8.68. The van der Waals surface area contributed by atoms with E-state index in [0.717, 1.165) is 0 Å². The number of fused-ring (bicyclic) bond motifs is 1. The van der Waals surface area contributed by atoms with Crippen molar-refractivity contribution < 1.29 is 31.9 Å². The average molecular weight is 270 g/mol. The summed E-state index contributed by atoms with van der Waals surface area (Å²) < 4.78 is 64.7. The molecule has 1 aliphatic rings. The standard InChI is InChI=1S/C9H7F5N2O2/c10-8(11)2-4-6(3(8)1-5(17)18)7(16-15-4)9(12,13)14/h3H,1-2H2,(H,15,16)(H,17,18). The minimum atomic E-state index is -4.89. The summed E-state index contributed by atoms with van der Waals surface area (Å²) in [6.07, 6.45) is -6.91. The van der Waals surface area contributed by atoms with Crippen molar-refractivity contribution in [3.05, 3.63) is 17.0 Å². The van der Waals surface area contributed by atoms with Gasteiger partial charge in [-0.25, -0.2) is 8.78 Å². The number of H-pyrrole nitrogens is 1. The Morgan fingerprint density at radius 2 is 2.11 bits per heavy atom. The molecule has 0 aromatic carbocycles. The maximum Gasteiger partial charge on any atom is 0.435 e. The summed E-state index contributed by atoms with van der Waals surface area (Å²) in [6, 6.07) is 0. The SMILES string of the molecule is O=C(O)CC1c2c(C(F)(F)F)n[nH]c2CC1(F)F. The molecule has 2 rings (SSSR count). The number of alkyl halides is 5. The Bertz CT molecular complexity index is 494. The first-order valence-electron chi connectivity index (χ1n) is 4.87. The third-order valence-corrected chi connectivity index (χ3v) is 2.80. The van der Waals surface area contributed by atoms with Crippen LogP contribution in [0.15, 0.2) is 0 Å². The number of carbonyl (C=O) groups is 1. The molecule has 0 bridgehead atoms. The van der Waals surface area contributed by atoms with Crippen molar-refractivity contribution in [2.24, 2.45) is 0 Å². The lowest BCUT2D eigenvalue weighted by Crippen LogP contribution is -2.26. The van der Waals surface area contributed by atoms with E-state index in [1.807, 2.05) is 5.10 Å². The molecule has 9 heteroatoms. The van der Waals surface area contributed by atoms with Crippen LogP contribution in [0.3, 0.4) is 0 Å². The van der Waals surface area contributed by atoms with Gasteiger partial charge in [0.1, 0.15) is 0 Å². The fourth-order valence-corrected chi connectivity index (χ4v) is 2.11. The first-order valence-corrected chi connectivity index (χ1v) is 4.87. The summed E-state index contributed by atoms with van der Waals surface area (Å²) in [5.74, 6) is -7.09. The quantitative estimate of drug-likeness (QED) is 0.809. The number of carboxylic acid groups (broad SMARTS) is 1. The lowest BCUT2D eigenvalue weighted by Gasteiger charge is -2.19. The number of hydrogen-bond donors (Lipinski definition) is 2. The van der Waals surface area contributed by atoms with Crippen LogP contribution in [0.2, 0.25) is 0 Å². The van der Waals surface area contributed by atoms with Crippen LogP contribution in [-0.4, -0.2) is 27.2 Å². The third kappa shape index (κ3) is 1.93. The largest absolute Gasteiger partial charge is 0.481 e. The number of rotatable bonds is 2. The van der Waals surface area contributed by atoms with E-state index in [-0.39, 0.29) is 5.69 Å². The van der Waals surface area contributed by atoms with Gasteiger partial charge in [-0.15, -0.1) is 0 Å². The van der Waals surface area contributed by atoms with Crippen LogP contribution >= 0.6 is 0 Å². The Morgan fingerprint density at radius 1 is 1.50 bits per heavy atom. The van der Waals surface area contributed by atoms with Crippen molar-refractivity contribution in [3.63, 3.8) is 0 Å². The fourth-order valence-electron chi connectivity index (χ4n) is 2.11. The molecule has 0 spiro atoms. The second kappa shape index (κ2) is 3.66. The van der Waals surface area contributed by atoms with Gasteiger partial charge in [0.05, 0.1) is 18.8 Å². The third-order valence-electron chi connectivity index (χ3n) is 2.80. The van der Waals surface area contributed by atoms with Crippen LogP contribution < -0.4 is 0 Å². The number of aromatic amines is 1. The minimum absolute atomic E-state index is 0.349. The zero-order chi connectivity index (χ0) is 13.7. The highest BCUT2D eigenvalue weighted by Crippen LogP contribution is 2.50. The van der Waals surface area contributed by atoms with E-state index in [1.165, 1.54) is 0 Å². The summed E-state index contributed by atoms with van der Waals surface area (Å²) in [5.41, 5.74) is -2.53. The summed E-state index contributed by atoms with van der Waals surface area (Å²) >= 11 is 0. The van der Waals surface area contributed by atoms with E-state index in [2.05, 4.69) is 5.10 Å². The maximum atomic E-state index is 13.5. The van der Waals surface area contributed by atoms with Crippen LogP contribution in [0.4, 0.5) is 22.0 Å². The van der Waals surface area contributed by atoms with Crippen molar-refractivity contribution in [1.29, 1.82) is 0 Å². The van der Waals surface area contributed by atoms with Gasteiger partial charge in [0.15, 0.2) is 5.69 Å². The molecule has 2 N–H and O–H groups in total. The number of nitrogens with zero attached hydrogens (tertiary/aromatic N) is 1. The summed E-state index contributed by atoms with van der Waals surface area (Å²) in [4.78, 5) is 10.5. The Hall–Kier alpha value is -1.67. The molecule has 1 heterocycles. The van der Waals surface area contributed by atoms with E-state index in [1.54, 1.807) is 0 Å². The van der Waals surface area contributed by atoms with Gasteiger partial charge in [-0.05, 0) is 0 Å². The van der Waals surface area contributed by atoms with Gasteiger partial charge in [-0.2, -0.15) is 18.3 Å². The maximum absolute atomic E-state index is 13.5. The Labute approximate surface area is 96.8 Å². The van der Waals surface area contributed by atoms with E-state index in [9.17, 15) is 26.7 Å². The summed E-state index contributed by atoms with van der Waals surface area (Å²) in [6.45, 7) is 0. The van der Waals surface area contributed by atoms with E-state index in [4.69, 9.17) is 5.11 Å². The van der Waals surface area contributed by atoms with E-state index >= 15 is 0 Å². The average Bonchev–Trinajstić information content (AvgIpc) is 2.63. The molecule has 0 saturated heterocycles. The van der Waals surface area contributed by atoms with Crippen molar-refractivity contribution in [3.8, 4) is 0 Å². The van der Waals surface area contributed by atoms with Gasteiger partial charge < -0.3 is 5.11 Å². The molecular weight excluding hydrogens is 263 g/mol. The van der Waals surface area contributed by atoms with Crippen LogP contribution in [-0.2, 0) is 17.4 Å². The number of aliphatic carboxylic acids is 1. The van der Waals surface area contributed by atoms with Gasteiger partial charge in [0.2, 0.25) is 0 Å². The van der Waals surface area contributed by atoms with E-state index < -0.39 is 48.1 Å². The normalized spacial score (nSPS) is 21.9. The second-order valence-electron chi connectivity index (χ2n) is 4.05. The first-order chi connectivity index (χ1) is 8.13. The van der Waals surface area contributed by atoms with Crippen LogP contribution in [0.25, 0.3) is 0 Å². The molecule has 0 radical (unpaired) electrons. The molecule has 0 aliphatic heterocycles. The van der Waals surface area contributed by atoms with Crippen molar-refractivity contribution in [2.45, 2.75) is 30.9 Å². The monoisotopic (exact) mass is 270 g/mol. The zero-order valence-electron chi connectivity index (χ0n) is 8.68. The predicted molar refractivity (Wildman–Crippen MR) is 47.2 cm³/mol. The van der Waals surface area contributed by atoms with Crippen molar-refractivity contribution >= 4 is 5.97 Å². The van der Waals surface area contributed by atoms with Crippen LogP contribution in [0.1, 0.15) is 29.3 Å². The number of nitrogens with one attached hydrogen (secondary N) is 1. The number of aromatic nitrogens is 2. The first kappa shape index (κ1) is 12.8. The van der Waals surface area contributed by atoms with Gasteiger partial charge >= 0.3 is 12.1 Å². The van der Waals surface area contributed by atoms with Crippen LogP contribution in [0.5, 0.6) is 0 Å². The molecule has 1 aromatic rings. The molecule has 0 fully saturated rings. The molecular formula is C9H7F5N2O2. The second-order valence-corrected chi connectivity index (χ2v) is 4.05. The van der Waals surface area contributed by atoms with Crippen molar-refractivity contribution in [1.82, 2.24) is 10.2 Å². The van der Waals surface area contributed by atoms with Gasteiger partial charge in [-0.3, -0.25) is 9.89 Å². The van der Waals surface area contributed by atoms with Crippen molar-refractivity contribution in [2.75, 3.05) is 0 Å². The van der Waals surface area contributed by atoms with Gasteiger partial charge in [-0.1, -0.05) is 0 Å². The number of halogens is 5. The summed E-state index contributed by atoms with van der Waals surface area (Å²) in [5, 5.41) is 13.4. The number of hydrogen-bond acceptors (Lipinski definition) is 2. The molecule has 1 aliphatic carbocycles. The fraction of sp³-hybridized carbons (Fsp3) is 0.556. The minimum Gasteiger partial charge on any atom is -0.481 e. The predicted octanol–water partition coefficient (Wildman–Crippen LogP) is 2.18. The highest BCUT2D eigenvalue weighted by molar-refractivity contribution is 5.69. The van der Waals surface area contributed by atoms with E-state index in [0.29, 0.717) is 0 Å². The van der Waals surface area contributed by atoms with Gasteiger partial charge in [0, 0.05) is 11.3 Å². The molecule has 100 valence electrons. The molecule has 4 nitrogen and oxygen atoms in total. The highest BCUT2D eigenvalue weighted by Gasteiger charge is 2.54. The van der Waals surface area contributed by atoms with Crippen LogP contribution in [0, 0.1) is 0 Å². The topological polar surface area (TPSA) is 66.0 Å². The molecule has 1 aromatic heterocycles. The molecule has 1 atom stereocenters. The highest BCUT2D eigenvalue weighted by atomic mass is 19.4.